The number of benzene rings is 1. The van der Waals surface area contributed by atoms with Crippen LogP contribution in [-0.2, 0) is 0 Å². The lowest BCUT2D eigenvalue weighted by molar-refractivity contribution is -0.385. The maximum absolute atomic E-state index is 12.0. The maximum atomic E-state index is 12.0. The molecule has 1 fully saturated rings. The van der Waals surface area contributed by atoms with Crippen molar-refractivity contribution in [1.29, 1.82) is 0 Å². The summed E-state index contributed by atoms with van der Waals surface area (Å²) in [6.45, 7) is 4.95. The summed E-state index contributed by atoms with van der Waals surface area (Å²) in [5.74, 6) is -0.450. The molecule has 0 atom stereocenters. The van der Waals surface area contributed by atoms with Crippen molar-refractivity contribution in [1.82, 2.24) is 15.5 Å². The molecule has 1 heterocycles. The number of carbonyl (C=O) groups excluding carboxylic acids is 1. The van der Waals surface area contributed by atoms with Crippen LogP contribution in [0.15, 0.2) is 18.2 Å². The summed E-state index contributed by atoms with van der Waals surface area (Å²) in [6, 6.07) is 4.03. The van der Waals surface area contributed by atoms with Gasteiger partial charge in [-0.1, -0.05) is 11.6 Å². The van der Waals surface area contributed by atoms with Crippen molar-refractivity contribution < 1.29 is 9.72 Å². The molecular weight excluding hydrogens is 296 g/mol. The Kier molecular flexibility index (Phi) is 5.49. The van der Waals surface area contributed by atoms with Crippen LogP contribution in [0.1, 0.15) is 10.4 Å². The van der Waals surface area contributed by atoms with Gasteiger partial charge in [0.05, 0.1) is 4.92 Å². The van der Waals surface area contributed by atoms with E-state index in [4.69, 9.17) is 11.6 Å². The van der Waals surface area contributed by atoms with Gasteiger partial charge in [-0.2, -0.15) is 0 Å². The average molecular weight is 313 g/mol. The Morgan fingerprint density at radius 1 is 1.43 bits per heavy atom. The molecule has 0 radical (unpaired) electrons. The Balaban J connectivity index is 1.92. The number of nitrogens with one attached hydrogen (secondary N) is 2. The molecule has 0 bridgehead atoms. The Morgan fingerprint density at radius 2 is 2.14 bits per heavy atom. The summed E-state index contributed by atoms with van der Waals surface area (Å²) in [6.07, 6.45) is 0. The van der Waals surface area contributed by atoms with Crippen molar-refractivity contribution in [3.63, 3.8) is 0 Å². The first-order valence-electron chi connectivity index (χ1n) is 6.73. The predicted octanol–water partition coefficient (Wildman–Crippen LogP) is 0.883. The van der Waals surface area contributed by atoms with E-state index < -0.39 is 10.8 Å². The lowest BCUT2D eigenvalue weighted by Gasteiger charge is -2.27. The predicted molar refractivity (Wildman–Crippen MR) is 79.7 cm³/mol. The molecule has 0 saturated carbocycles. The van der Waals surface area contributed by atoms with Crippen LogP contribution in [0.25, 0.3) is 0 Å². The van der Waals surface area contributed by atoms with Gasteiger partial charge in [-0.25, -0.2) is 0 Å². The van der Waals surface area contributed by atoms with Crippen LogP contribution in [0.2, 0.25) is 5.02 Å². The molecule has 1 saturated heterocycles. The van der Waals surface area contributed by atoms with Gasteiger partial charge in [-0.15, -0.1) is 0 Å². The van der Waals surface area contributed by atoms with Crippen molar-refractivity contribution in [3.05, 3.63) is 38.9 Å². The Hall–Kier alpha value is -1.70. The summed E-state index contributed by atoms with van der Waals surface area (Å²) in [5.41, 5.74) is -0.244. The summed E-state index contributed by atoms with van der Waals surface area (Å²) in [4.78, 5) is 24.6. The SMILES string of the molecule is O=C(NCCN1CCNCC1)c1ccc(Cl)cc1[N+](=O)[O-]. The number of hydrogen-bond donors (Lipinski definition) is 2. The van der Waals surface area contributed by atoms with Crippen LogP contribution >= 0.6 is 11.6 Å². The molecule has 114 valence electrons. The zero-order valence-electron chi connectivity index (χ0n) is 11.5. The third kappa shape index (κ3) is 4.38. The first-order chi connectivity index (χ1) is 10.1. The number of nitro groups is 1. The summed E-state index contributed by atoms with van der Waals surface area (Å²) >= 11 is 5.72. The van der Waals surface area contributed by atoms with Gasteiger partial charge in [0.1, 0.15) is 5.56 Å². The van der Waals surface area contributed by atoms with Gasteiger partial charge in [0.2, 0.25) is 0 Å². The molecule has 21 heavy (non-hydrogen) atoms. The van der Waals surface area contributed by atoms with Crippen LogP contribution in [0.3, 0.4) is 0 Å². The fourth-order valence-electron chi connectivity index (χ4n) is 2.21. The Morgan fingerprint density at radius 3 is 2.81 bits per heavy atom. The van der Waals surface area contributed by atoms with Crippen LogP contribution in [0.5, 0.6) is 0 Å². The van der Waals surface area contributed by atoms with Crippen molar-refractivity contribution in [2.45, 2.75) is 0 Å². The second-order valence-electron chi connectivity index (χ2n) is 4.77. The first kappa shape index (κ1) is 15.7. The number of nitrogens with zero attached hydrogens (tertiary/aromatic N) is 2. The topological polar surface area (TPSA) is 87.5 Å². The number of piperazine rings is 1. The number of nitro benzene ring substituents is 1. The van der Waals surface area contributed by atoms with E-state index >= 15 is 0 Å². The van der Waals surface area contributed by atoms with Gasteiger partial charge in [0.25, 0.3) is 11.6 Å². The quantitative estimate of drug-likeness (QED) is 0.622. The van der Waals surface area contributed by atoms with Gasteiger partial charge in [-0.05, 0) is 12.1 Å². The van der Waals surface area contributed by atoms with E-state index in [1.54, 1.807) is 0 Å². The smallest absolute Gasteiger partial charge is 0.283 e. The molecule has 0 aromatic heterocycles. The average Bonchev–Trinajstić information content (AvgIpc) is 2.48. The molecular formula is C13H17ClN4O3. The van der Waals surface area contributed by atoms with Gasteiger partial charge in [-0.3, -0.25) is 19.8 Å². The third-order valence-corrected chi connectivity index (χ3v) is 3.56. The molecule has 2 N–H and O–H groups in total. The lowest BCUT2D eigenvalue weighted by Crippen LogP contribution is -2.46. The monoisotopic (exact) mass is 312 g/mol. The second kappa shape index (κ2) is 7.35. The molecule has 1 aromatic rings. The largest absolute Gasteiger partial charge is 0.351 e. The third-order valence-electron chi connectivity index (χ3n) is 3.32. The van der Waals surface area contributed by atoms with E-state index in [0.29, 0.717) is 6.54 Å². The van der Waals surface area contributed by atoms with E-state index in [0.717, 1.165) is 32.7 Å². The van der Waals surface area contributed by atoms with Crippen LogP contribution in [-0.4, -0.2) is 55.0 Å². The minimum atomic E-state index is -0.600. The number of carbonyl (C=O) groups is 1. The number of amides is 1. The van der Waals surface area contributed by atoms with Crippen LogP contribution in [0, 0.1) is 10.1 Å². The molecule has 1 amide bonds. The van der Waals surface area contributed by atoms with E-state index in [9.17, 15) is 14.9 Å². The molecule has 7 nitrogen and oxygen atoms in total. The van der Waals surface area contributed by atoms with Crippen LogP contribution < -0.4 is 10.6 Å². The molecule has 1 aliphatic heterocycles. The Labute approximate surface area is 127 Å². The molecule has 1 aromatic carbocycles. The van der Waals surface area contributed by atoms with Gasteiger partial charge in [0.15, 0.2) is 0 Å². The normalized spacial score (nSPS) is 15.7. The van der Waals surface area contributed by atoms with Crippen LogP contribution in [0.4, 0.5) is 5.69 Å². The zero-order chi connectivity index (χ0) is 15.2. The molecule has 8 heteroatoms. The number of rotatable bonds is 5. The van der Waals surface area contributed by atoms with Crippen molar-refractivity contribution >= 4 is 23.2 Å². The Bertz CT molecular complexity index is 532. The number of halogens is 1. The summed E-state index contributed by atoms with van der Waals surface area (Å²) < 4.78 is 0. The lowest BCUT2D eigenvalue weighted by atomic mass is 10.1. The zero-order valence-corrected chi connectivity index (χ0v) is 12.2. The van der Waals surface area contributed by atoms with E-state index in [1.165, 1.54) is 18.2 Å². The van der Waals surface area contributed by atoms with Crippen molar-refractivity contribution in [2.24, 2.45) is 0 Å². The summed E-state index contributed by atoms with van der Waals surface area (Å²) in [5, 5.41) is 17.1. The van der Waals surface area contributed by atoms with Gasteiger partial charge in [0, 0.05) is 50.4 Å². The molecule has 0 spiro atoms. The fraction of sp³-hybridized carbons (Fsp3) is 0.462. The molecule has 0 aliphatic carbocycles. The minimum absolute atomic E-state index is 0.0321. The van der Waals surface area contributed by atoms with E-state index in [2.05, 4.69) is 15.5 Å². The van der Waals surface area contributed by atoms with Gasteiger partial charge < -0.3 is 10.6 Å². The molecule has 0 unspecified atom stereocenters. The van der Waals surface area contributed by atoms with Crippen molar-refractivity contribution in [3.8, 4) is 0 Å². The molecule has 1 aliphatic rings. The summed E-state index contributed by atoms with van der Waals surface area (Å²) in [7, 11) is 0. The standard InChI is InChI=1S/C13H17ClN4O3/c14-10-1-2-11(12(9-10)18(20)21)13(19)16-5-8-17-6-3-15-4-7-17/h1-2,9,15H,3-8H2,(H,16,19). The van der Waals surface area contributed by atoms with E-state index in [-0.39, 0.29) is 16.3 Å². The maximum Gasteiger partial charge on any atom is 0.283 e. The highest BCUT2D eigenvalue weighted by Crippen LogP contribution is 2.22. The highest BCUT2D eigenvalue weighted by atomic mass is 35.5. The first-order valence-corrected chi connectivity index (χ1v) is 7.11. The number of hydrogen-bond acceptors (Lipinski definition) is 5. The fourth-order valence-corrected chi connectivity index (χ4v) is 2.37. The second-order valence-corrected chi connectivity index (χ2v) is 5.20. The van der Waals surface area contributed by atoms with Crippen molar-refractivity contribution in [2.75, 3.05) is 39.3 Å². The highest BCUT2D eigenvalue weighted by molar-refractivity contribution is 6.31. The molecule has 2 rings (SSSR count). The van der Waals surface area contributed by atoms with Gasteiger partial charge >= 0.3 is 0 Å². The minimum Gasteiger partial charge on any atom is -0.351 e. The van der Waals surface area contributed by atoms with E-state index in [1.807, 2.05) is 0 Å². The highest BCUT2D eigenvalue weighted by Gasteiger charge is 2.20.